The fourth-order valence-corrected chi connectivity index (χ4v) is 2.45. The van der Waals surface area contributed by atoms with Crippen molar-refractivity contribution in [3.05, 3.63) is 0 Å². The fraction of sp³-hybridized carbons (Fsp3) is 1.00. The van der Waals surface area contributed by atoms with Crippen molar-refractivity contribution >= 4 is 11.8 Å². The summed E-state index contributed by atoms with van der Waals surface area (Å²) < 4.78 is 0. The highest BCUT2D eigenvalue weighted by Gasteiger charge is 2.10. The van der Waals surface area contributed by atoms with E-state index in [4.69, 9.17) is 0 Å². The molecule has 0 aliphatic heterocycles. The highest BCUT2D eigenvalue weighted by Crippen LogP contribution is 2.15. The molecule has 1 nitrogen and oxygen atoms in total. The Hall–Kier alpha value is 0.310. The van der Waals surface area contributed by atoms with Gasteiger partial charge in [0.05, 0.1) is 0 Å². The molecule has 0 radical (unpaired) electrons. The van der Waals surface area contributed by atoms with Crippen molar-refractivity contribution < 1.29 is 0 Å². The van der Waals surface area contributed by atoms with Crippen LogP contribution in [0.25, 0.3) is 0 Å². The summed E-state index contributed by atoms with van der Waals surface area (Å²) in [6.45, 7) is 6.86. The van der Waals surface area contributed by atoms with Crippen LogP contribution >= 0.6 is 11.8 Å². The van der Waals surface area contributed by atoms with Gasteiger partial charge < -0.3 is 5.32 Å². The van der Waals surface area contributed by atoms with Gasteiger partial charge in [0.25, 0.3) is 0 Å². The van der Waals surface area contributed by atoms with E-state index >= 15 is 0 Å². The van der Waals surface area contributed by atoms with Gasteiger partial charge in [-0.1, -0.05) is 33.6 Å². The summed E-state index contributed by atoms with van der Waals surface area (Å²) in [6.07, 6.45) is 4.02. The van der Waals surface area contributed by atoms with Crippen LogP contribution in [0.2, 0.25) is 0 Å². The minimum Gasteiger partial charge on any atom is -0.316 e. The van der Waals surface area contributed by atoms with Crippen molar-refractivity contribution in [2.45, 2.75) is 46.1 Å². The van der Waals surface area contributed by atoms with Gasteiger partial charge in [0, 0.05) is 11.8 Å². The molecule has 13 heavy (non-hydrogen) atoms. The zero-order valence-corrected chi connectivity index (χ0v) is 10.4. The molecular formula is C11H25NS. The Morgan fingerprint density at radius 2 is 2.00 bits per heavy atom. The molecule has 1 N–H and O–H groups in total. The summed E-state index contributed by atoms with van der Waals surface area (Å²) >= 11 is 2.04. The van der Waals surface area contributed by atoms with Crippen LogP contribution < -0.4 is 5.32 Å². The lowest BCUT2D eigenvalue weighted by Gasteiger charge is -2.19. The number of nitrogens with one attached hydrogen (secondary N) is 1. The predicted octanol–water partition coefficient (Wildman–Crippen LogP) is 3.15. The third-order valence-electron chi connectivity index (χ3n) is 2.40. The quantitative estimate of drug-likeness (QED) is 0.650. The van der Waals surface area contributed by atoms with E-state index in [-0.39, 0.29) is 0 Å². The largest absolute Gasteiger partial charge is 0.316 e. The van der Waals surface area contributed by atoms with Crippen LogP contribution in [0.4, 0.5) is 0 Å². The van der Waals surface area contributed by atoms with E-state index in [1.165, 1.54) is 30.8 Å². The monoisotopic (exact) mass is 203 g/mol. The fourth-order valence-electron chi connectivity index (χ4n) is 1.63. The molecule has 0 saturated carbocycles. The maximum atomic E-state index is 3.41. The van der Waals surface area contributed by atoms with Crippen LogP contribution in [0.15, 0.2) is 0 Å². The average molecular weight is 203 g/mol. The zero-order valence-electron chi connectivity index (χ0n) is 9.60. The summed E-state index contributed by atoms with van der Waals surface area (Å²) in [5, 5.41) is 3.41. The van der Waals surface area contributed by atoms with Gasteiger partial charge in [0.2, 0.25) is 0 Å². The van der Waals surface area contributed by atoms with E-state index < -0.39 is 0 Å². The number of thioether (sulfide) groups is 1. The molecule has 0 saturated heterocycles. The Kier molecular flexibility index (Phi) is 9.10. The summed E-state index contributed by atoms with van der Waals surface area (Å²) in [5.74, 6) is 3.38. The Morgan fingerprint density at radius 3 is 2.46 bits per heavy atom. The average Bonchev–Trinajstić information content (AvgIpc) is 2.12. The molecule has 0 rings (SSSR count). The molecule has 0 heterocycles. The van der Waals surface area contributed by atoms with Crippen molar-refractivity contribution in [3.8, 4) is 0 Å². The topological polar surface area (TPSA) is 12.0 Å². The smallest absolute Gasteiger partial charge is 0.0157 e. The molecule has 2 heteroatoms. The maximum Gasteiger partial charge on any atom is 0.0157 e. The molecule has 0 bridgehead atoms. The third kappa shape index (κ3) is 7.39. The summed E-state index contributed by atoms with van der Waals surface area (Å²) in [7, 11) is 2.08. The minimum atomic E-state index is 0.714. The molecule has 0 fully saturated rings. The molecule has 0 aromatic rings. The van der Waals surface area contributed by atoms with E-state index in [2.05, 4.69) is 33.1 Å². The van der Waals surface area contributed by atoms with Crippen LogP contribution in [0.1, 0.15) is 40.0 Å². The molecule has 2 atom stereocenters. The first kappa shape index (κ1) is 13.3. The molecule has 0 amide bonds. The van der Waals surface area contributed by atoms with Gasteiger partial charge in [-0.2, -0.15) is 11.8 Å². The SMILES string of the molecule is CCCC(C)CC(CSCC)NC. The molecule has 0 aliphatic carbocycles. The van der Waals surface area contributed by atoms with Crippen LogP contribution in [0.3, 0.4) is 0 Å². The first-order chi connectivity index (χ1) is 6.24. The van der Waals surface area contributed by atoms with Gasteiger partial charge in [-0.3, -0.25) is 0 Å². The third-order valence-corrected chi connectivity index (χ3v) is 3.45. The lowest BCUT2D eigenvalue weighted by atomic mass is 9.98. The van der Waals surface area contributed by atoms with Gasteiger partial charge >= 0.3 is 0 Å². The summed E-state index contributed by atoms with van der Waals surface area (Å²) in [4.78, 5) is 0. The lowest BCUT2D eigenvalue weighted by molar-refractivity contribution is 0.420. The molecule has 80 valence electrons. The standard InChI is InChI=1S/C11H25NS/c1-5-7-10(3)8-11(12-4)9-13-6-2/h10-12H,5-9H2,1-4H3. The Morgan fingerprint density at radius 1 is 1.31 bits per heavy atom. The van der Waals surface area contributed by atoms with Crippen LogP contribution in [-0.2, 0) is 0 Å². The first-order valence-corrected chi connectivity index (χ1v) is 6.65. The van der Waals surface area contributed by atoms with E-state index in [0.29, 0.717) is 6.04 Å². The van der Waals surface area contributed by atoms with E-state index in [1.807, 2.05) is 11.8 Å². The van der Waals surface area contributed by atoms with Crippen molar-refractivity contribution in [3.63, 3.8) is 0 Å². The van der Waals surface area contributed by atoms with Crippen LogP contribution in [0.5, 0.6) is 0 Å². The lowest BCUT2D eigenvalue weighted by Crippen LogP contribution is -2.29. The van der Waals surface area contributed by atoms with Gasteiger partial charge in [0.1, 0.15) is 0 Å². The highest BCUT2D eigenvalue weighted by molar-refractivity contribution is 7.99. The van der Waals surface area contributed by atoms with E-state index in [0.717, 1.165) is 5.92 Å². The van der Waals surface area contributed by atoms with Crippen molar-refractivity contribution in [2.75, 3.05) is 18.6 Å². The van der Waals surface area contributed by atoms with Crippen molar-refractivity contribution in [1.82, 2.24) is 5.32 Å². The second-order valence-corrected chi connectivity index (χ2v) is 5.09. The van der Waals surface area contributed by atoms with Crippen LogP contribution in [0, 0.1) is 5.92 Å². The van der Waals surface area contributed by atoms with E-state index in [9.17, 15) is 0 Å². The van der Waals surface area contributed by atoms with Gasteiger partial charge in [-0.15, -0.1) is 0 Å². The summed E-state index contributed by atoms with van der Waals surface area (Å²) in [5.41, 5.74) is 0. The molecule has 0 aromatic heterocycles. The first-order valence-electron chi connectivity index (χ1n) is 5.49. The maximum absolute atomic E-state index is 3.41. The van der Waals surface area contributed by atoms with E-state index in [1.54, 1.807) is 0 Å². The normalized spacial score (nSPS) is 15.7. The second-order valence-electron chi connectivity index (χ2n) is 3.77. The molecule has 2 unspecified atom stereocenters. The second kappa shape index (κ2) is 8.89. The van der Waals surface area contributed by atoms with Crippen molar-refractivity contribution in [2.24, 2.45) is 5.92 Å². The number of hydrogen-bond donors (Lipinski definition) is 1. The minimum absolute atomic E-state index is 0.714. The summed E-state index contributed by atoms with van der Waals surface area (Å²) in [6, 6.07) is 0.714. The molecule has 0 spiro atoms. The number of hydrogen-bond acceptors (Lipinski definition) is 2. The zero-order chi connectivity index (χ0) is 10.1. The van der Waals surface area contributed by atoms with Crippen molar-refractivity contribution in [1.29, 1.82) is 0 Å². The molecule has 0 aliphatic rings. The Bertz CT molecular complexity index is 106. The predicted molar refractivity (Wildman–Crippen MR) is 64.5 cm³/mol. The van der Waals surface area contributed by atoms with Gasteiger partial charge in [0.15, 0.2) is 0 Å². The molecular weight excluding hydrogens is 178 g/mol. The molecule has 0 aromatic carbocycles. The number of rotatable bonds is 8. The van der Waals surface area contributed by atoms with Gasteiger partial charge in [-0.05, 0) is 25.1 Å². The van der Waals surface area contributed by atoms with Gasteiger partial charge in [-0.25, -0.2) is 0 Å². The Balaban J connectivity index is 3.56. The van der Waals surface area contributed by atoms with Crippen LogP contribution in [-0.4, -0.2) is 24.6 Å². The Labute approximate surface area is 88.1 Å². The highest BCUT2D eigenvalue weighted by atomic mass is 32.2.